The van der Waals surface area contributed by atoms with Gasteiger partial charge in [-0.2, -0.15) is 0 Å². The molecule has 0 bridgehead atoms. The number of para-hydroxylation sites is 2. The second kappa shape index (κ2) is 15.1. The van der Waals surface area contributed by atoms with Gasteiger partial charge in [-0.05, 0) is 128 Å². The lowest BCUT2D eigenvalue weighted by Crippen LogP contribution is -2.26. The van der Waals surface area contributed by atoms with Crippen LogP contribution in [0, 0.1) is 0 Å². The molecular weight excluding hydrogens is 761 g/mol. The zero-order chi connectivity index (χ0) is 41.7. The van der Waals surface area contributed by atoms with Crippen LogP contribution >= 0.6 is 0 Å². The fraction of sp³-hybridized carbons (Fsp3) is 0.0164. The van der Waals surface area contributed by atoms with Gasteiger partial charge in [-0.25, -0.2) is 0 Å². The topological polar surface area (TPSA) is 6.48 Å². The van der Waals surface area contributed by atoms with Crippen LogP contribution in [-0.4, -0.2) is 0 Å². The van der Waals surface area contributed by atoms with E-state index in [1.165, 1.54) is 66.8 Å². The number of benzene rings is 10. The van der Waals surface area contributed by atoms with Crippen molar-refractivity contribution >= 4 is 34.1 Å². The standard InChI is InChI=1S/C61H42N2/c1-5-18-43(19-6-1)45-32-36-49(37-33-45)62(47-22-9-3-10-23-47)51-40-41-57-54(42-51)60-58(61(57)55-28-15-13-26-52(55)53-27-14-16-29-56(53)61)30-17-31-59(60)63(48-24-11-4-12-25-48)50-38-34-46(35-39-50)44-20-7-2-8-21-44/h1-42H. The Balaban J connectivity index is 1.11. The zero-order valence-electron chi connectivity index (χ0n) is 34.6. The molecule has 0 saturated heterocycles. The van der Waals surface area contributed by atoms with Gasteiger partial charge in [0.15, 0.2) is 0 Å². The first kappa shape index (κ1) is 36.6. The van der Waals surface area contributed by atoms with Gasteiger partial charge in [-0.15, -0.1) is 0 Å². The Morgan fingerprint density at radius 3 is 1.16 bits per heavy atom. The average molecular weight is 803 g/mol. The summed E-state index contributed by atoms with van der Waals surface area (Å²) in [6.07, 6.45) is 0. The van der Waals surface area contributed by atoms with E-state index in [1.54, 1.807) is 0 Å². The van der Waals surface area contributed by atoms with Crippen molar-refractivity contribution in [3.63, 3.8) is 0 Å². The Bertz CT molecular complexity index is 3200. The molecule has 0 atom stereocenters. The van der Waals surface area contributed by atoms with Crippen molar-refractivity contribution in [2.45, 2.75) is 5.41 Å². The van der Waals surface area contributed by atoms with Crippen molar-refractivity contribution in [1.82, 2.24) is 0 Å². The van der Waals surface area contributed by atoms with Crippen LogP contribution in [0.5, 0.6) is 0 Å². The highest BCUT2D eigenvalue weighted by molar-refractivity contribution is 6.02. The molecule has 0 amide bonds. The first-order chi connectivity index (χ1) is 31.3. The molecule has 10 aromatic rings. The first-order valence-electron chi connectivity index (χ1n) is 21.8. The molecule has 0 N–H and O–H groups in total. The first-order valence-corrected chi connectivity index (χ1v) is 21.8. The van der Waals surface area contributed by atoms with Crippen LogP contribution in [0.1, 0.15) is 22.3 Å². The SMILES string of the molecule is c1ccc(-c2ccc(N(c3ccccc3)c3ccc4c(c3)-c3c(N(c5ccccc5)c5ccc(-c6ccccc6)cc5)cccc3C43c4ccccc4-c4ccccc43)cc2)cc1. The number of anilines is 6. The van der Waals surface area contributed by atoms with E-state index in [0.29, 0.717) is 0 Å². The van der Waals surface area contributed by atoms with Crippen LogP contribution < -0.4 is 9.80 Å². The summed E-state index contributed by atoms with van der Waals surface area (Å²) in [5.74, 6) is 0. The lowest BCUT2D eigenvalue weighted by molar-refractivity contribution is 0.793. The van der Waals surface area contributed by atoms with Gasteiger partial charge in [0.1, 0.15) is 0 Å². The van der Waals surface area contributed by atoms with Gasteiger partial charge < -0.3 is 9.80 Å². The minimum Gasteiger partial charge on any atom is -0.310 e. The maximum Gasteiger partial charge on any atom is 0.0726 e. The molecule has 2 aliphatic rings. The fourth-order valence-corrected chi connectivity index (χ4v) is 10.4. The van der Waals surface area contributed by atoms with Gasteiger partial charge in [0, 0.05) is 34.0 Å². The van der Waals surface area contributed by atoms with E-state index in [2.05, 4.69) is 265 Å². The van der Waals surface area contributed by atoms with E-state index in [-0.39, 0.29) is 0 Å². The van der Waals surface area contributed by atoms with Crippen molar-refractivity contribution in [2.24, 2.45) is 0 Å². The molecule has 0 unspecified atom stereocenters. The largest absolute Gasteiger partial charge is 0.310 e. The van der Waals surface area contributed by atoms with Crippen LogP contribution in [0.3, 0.4) is 0 Å². The molecule has 12 rings (SSSR count). The van der Waals surface area contributed by atoms with Gasteiger partial charge in [0.05, 0.1) is 11.1 Å². The third-order valence-electron chi connectivity index (χ3n) is 13.1. The number of hydrogen-bond acceptors (Lipinski definition) is 2. The Kier molecular flexibility index (Phi) is 8.76. The van der Waals surface area contributed by atoms with E-state index in [1.807, 2.05) is 0 Å². The van der Waals surface area contributed by atoms with Crippen LogP contribution in [0.15, 0.2) is 255 Å². The van der Waals surface area contributed by atoms with Crippen molar-refractivity contribution in [3.05, 3.63) is 277 Å². The molecule has 0 fully saturated rings. The molecule has 2 nitrogen and oxygen atoms in total. The van der Waals surface area contributed by atoms with E-state index >= 15 is 0 Å². The molecule has 296 valence electrons. The van der Waals surface area contributed by atoms with Gasteiger partial charge >= 0.3 is 0 Å². The highest BCUT2D eigenvalue weighted by Crippen LogP contribution is 2.65. The van der Waals surface area contributed by atoms with Crippen LogP contribution in [-0.2, 0) is 5.41 Å². The number of hydrogen-bond donors (Lipinski definition) is 0. The third kappa shape index (κ3) is 5.87. The average Bonchev–Trinajstić information content (AvgIpc) is 3.83. The molecule has 1 spiro atoms. The molecule has 0 aliphatic heterocycles. The normalized spacial score (nSPS) is 12.6. The molecule has 0 saturated carbocycles. The fourth-order valence-electron chi connectivity index (χ4n) is 10.4. The Morgan fingerprint density at radius 1 is 0.238 bits per heavy atom. The Labute approximate surface area is 369 Å². The minimum atomic E-state index is -0.513. The quantitative estimate of drug-likeness (QED) is 0.151. The summed E-state index contributed by atoms with van der Waals surface area (Å²) in [4.78, 5) is 4.85. The molecule has 0 radical (unpaired) electrons. The van der Waals surface area contributed by atoms with Crippen LogP contribution in [0.2, 0.25) is 0 Å². The Hall–Kier alpha value is -8.20. The predicted octanol–water partition coefficient (Wildman–Crippen LogP) is 16.3. The van der Waals surface area contributed by atoms with Crippen molar-refractivity contribution in [2.75, 3.05) is 9.80 Å². The summed E-state index contributed by atoms with van der Waals surface area (Å²) in [7, 11) is 0. The number of nitrogens with zero attached hydrogens (tertiary/aromatic N) is 2. The molecule has 10 aromatic carbocycles. The molecule has 0 aromatic heterocycles. The maximum absolute atomic E-state index is 2.45. The molecule has 63 heavy (non-hydrogen) atoms. The lowest BCUT2D eigenvalue weighted by Gasteiger charge is -2.32. The smallest absolute Gasteiger partial charge is 0.0726 e. The van der Waals surface area contributed by atoms with Crippen LogP contribution in [0.25, 0.3) is 44.5 Å². The second-order valence-electron chi connectivity index (χ2n) is 16.4. The van der Waals surface area contributed by atoms with Crippen molar-refractivity contribution in [1.29, 1.82) is 0 Å². The molecule has 2 heteroatoms. The minimum absolute atomic E-state index is 0.513. The number of rotatable bonds is 8. The summed E-state index contributed by atoms with van der Waals surface area (Å²) in [5, 5.41) is 0. The zero-order valence-corrected chi connectivity index (χ0v) is 34.6. The third-order valence-corrected chi connectivity index (χ3v) is 13.1. The second-order valence-corrected chi connectivity index (χ2v) is 16.4. The van der Waals surface area contributed by atoms with Crippen molar-refractivity contribution < 1.29 is 0 Å². The highest BCUT2D eigenvalue weighted by Gasteiger charge is 2.52. The lowest BCUT2D eigenvalue weighted by atomic mass is 9.70. The van der Waals surface area contributed by atoms with E-state index in [0.717, 1.165) is 34.1 Å². The van der Waals surface area contributed by atoms with E-state index < -0.39 is 5.41 Å². The summed E-state index contributed by atoms with van der Waals surface area (Å²) in [6, 6.07) is 93.2. The summed E-state index contributed by atoms with van der Waals surface area (Å²) in [5.41, 5.74) is 21.2. The summed E-state index contributed by atoms with van der Waals surface area (Å²) < 4.78 is 0. The highest BCUT2D eigenvalue weighted by atomic mass is 15.2. The van der Waals surface area contributed by atoms with E-state index in [9.17, 15) is 0 Å². The number of fused-ring (bicyclic) bond motifs is 10. The van der Waals surface area contributed by atoms with Gasteiger partial charge in [0.25, 0.3) is 0 Å². The molecule has 2 aliphatic carbocycles. The molecular formula is C61H42N2. The van der Waals surface area contributed by atoms with Crippen LogP contribution in [0.4, 0.5) is 34.1 Å². The monoisotopic (exact) mass is 802 g/mol. The Morgan fingerprint density at radius 2 is 0.619 bits per heavy atom. The summed E-state index contributed by atoms with van der Waals surface area (Å²) in [6.45, 7) is 0. The van der Waals surface area contributed by atoms with E-state index in [4.69, 9.17) is 0 Å². The molecule has 0 heterocycles. The van der Waals surface area contributed by atoms with Crippen molar-refractivity contribution in [3.8, 4) is 44.5 Å². The summed E-state index contributed by atoms with van der Waals surface area (Å²) >= 11 is 0. The van der Waals surface area contributed by atoms with Gasteiger partial charge in [0.2, 0.25) is 0 Å². The maximum atomic E-state index is 2.45. The van der Waals surface area contributed by atoms with Gasteiger partial charge in [-0.1, -0.05) is 188 Å². The predicted molar refractivity (Wildman–Crippen MR) is 263 cm³/mol. The van der Waals surface area contributed by atoms with Gasteiger partial charge in [-0.3, -0.25) is 0 Å².